The van der Waals surface area contributed by atoms with Crippen LogP contribution < -0.4 is 4.90 Å². The van der Waals surface area contributed by atoms with E-state index in [2.05, 4.69) is 15.2 Å². The van der Waals surface area contributed by atoms with Crippen LogP contribution in [0.25, 0.3) is 0 Å². The fourth-order valence-electron chi connectivity index (χ4n) is 3.02. The summed E-state index contributed by atoms with van der Waals surface area (Å²) >= 11 is 0. The monoisotopic (exact) mass is 374 g/mol. The van der Waals surface area contributed by atoms with E-state index in [1.165, 1.54) is 18.2 Å². The lowest BCUT2D eigenvalue weighted by atomic mass is 9.97. The molecule has 0 saturated carbocycles. The van der Waals surface area contributed by atoms with E-state index in [1.54, 1.807) is 11.8 Å². The summed E-state index contributed by atoms with van der Waals surface area (Å²) in [6.45, 7) is 2.61. The van der Waals surface area contributed by atoms with Crippen molar-refractivity contribution in [2.24, 2.45) is 0 Å². The molecule has 1 atom stereocenters. The van der Waals surface area contributed by atoms with Gasteiger partial charge in [0.2, 0.25) is 0 Å². The summed E-state index contributed by atoms with van der Waals surface area (Å²) in [5, 5.41) is 6.87. The third-order valence-electron chi connectivity index (χ3n) is 4.20. The molecule has 0 bridgehead atoms. The number of hydrogen-bond acceptors (Lipinski definition) is 5. The molecular weight excluding hydrogens is 357 g/mol. The summed E-state index contributed by atoms with van der Waals surface area (Å²) < 4.78 is 62.7. The Kier molecular flexibility index (Phi) is 4.48. The van der Waals surface area contributed by atoms with Crippen LogP contribution in [0, 0.1) is 6.92 Å². The highest BCUT2D eigenvalue weighted by molar-refractivity contribution is 7.92. The van der Waals surface area contributed by atoms with Gasteiger partial charge < -0.3 is 4.90 Å². The fourth-order valence-corrected chi connectivity index (χ4v) is 4.00. The Labute approximate surface area is 143 Å². The third-order valence-corrected chi connectivity index (χ3v) is 5.73. The van der Waals surface area contributed by atoms with Crippen molar-refractivity contribution in [3.63, 3.8) is 0 Å². The second-order valence-corrected chi connectivity index (χ2v) is 7.89. The Morgan fingerprint density at radius 2 is 2.00 bits per heavy atom. The van der Waals surface area contributed by atoms with Crippen LogP contribution >= 0.6 is 0 Å². The van der Waals surface area contributed by atoms with E-state index in [4.69, 9.17) is 0 Å². The zero-order valence-electron chi connectivity index (χ0n) is 13.4. The number of anilines is 1. The van der Waals surface area contributed by atoms with Gasteiger partial charge in [-0.1, -0.05) is 12.1 Å². The van der Waals surface area contributed by atoms with Crippen molar-refractivity contribution >= 4 is 15.5 Å². The van der Waals surface area contributed by atoms with E-state index in [-0.39, 0.29) is 11.6 Å². The molecule has 1 unspecified atom stereocenters. The van der Waals surface area contributed by atoms with Crippen LogP contribution in [0.2, 0.25) is 0 Å². The molecule has 1 aliphatic heterocycles. The summed E-state index contributed by atoms with van der Waals surface area (Å²) in [7, 11) is -5.41. The minimum atomic E-state index is -5.41. The van der Waals surface area contributed by atoms with Gasteiger partial charge in [-0.2, -0.15) is 18.3 Å². The topological polar surface area (TPSA) is 79.0 Å². The minimum absolute atomic E-state index is 0.0665. The number of rotatable bonds is 3. The van der Waals surface area contributed by atoms with Crippen LogP contribution in [-0.2, 0) is 9.84 Å². The van der Waals surface area contributed by atoms with Gasteiger partial charge in [-0.25, -0.2) is 13.4 Å². The number of aromatic amines is 1. The van der Waals surface area contributed by atoms with E-state index in [1.807, 2.05) is 0 Å². The summed E-state index contributed by atoms with van der Waals surface area (Å²) in [5.74, 6) is 1.19. The maximum absolute atomic E-state index is 13.0. The van der Waals surface area contributed by atoms with Crippen molar-refractivity contribution in [1.29, 1.82) is 0 Å². The van der Waals surface area contributed by atoms with Gasteiger partial charge in [0.05, 0.1) is 10.6 Å². The van der Waals surface area contributed by atoms with E-state index >= 15 is 0 Å². The lowest BCUT2D eigenvalue weighted by Gasteiger charge is -2.34. The van der Waals surface area contributed by atoms with Crippen LogP contribution in [0.15, 0.2) is 29.2 Å². The molecule has 0 spiro atoms. The molecule has 1 aromatic heterocycles. The maximum atomic E-state index is 13.0. The molecule has 0 aliphatic carbocycles. The zero-order chi connectivity index (χ0) is 18.2. The number of nitrogens with zero attached hydrogens (tertiary/aromatic N) is 3. The highest BCUT2D eigenvalue weighted by atomic mass is 32.2. The summed E-state index contributed by atoms with van der Waals surface area (Å²) in [5.41, 5.74) is -5.27. The van der Waals surface area contributed by atoms with Crippen LogP contribution in [0.5, 0.6) is 0 Å². The van der Waals surface area contributed by atoms with Gasteiger partial charge in [-0.15, -0.1) is 0 Å². The minimum Gasteiger partial charge on any atom is -0.370 e. The van der Waals surface area contributed by atoms with Gasteiger partial charge in [0.1, 0.15) is 5.82 Å². The first kappa shape index (κ1) is 17.7. The van der Waals surface area contributed by atoms with Gasteiger partial charge in [0.25, 0.3) is 9.84 Å². The first-order valence-corrected chi connectivity index (χ1v) is 9.22. The van der Waals surface area contributed by atoms with Crippen LogP contribution in [0.3, 0.4) is 0 Å². The number of aromatic nitrogens is 3. The molecule has 2 heterocycles. The number of halogens is 3. The molecular formula is C15H17F3N4O2S. The predicted octanol–water partition coefficient (Wildman–Crippen LogP) is 2.79. The SMILES string of the molecule is Cc1nc(C2CCCN(c3ccccc3S(=O)(=O)C(F)(F)F)C2)n[nH]1. The summed E-state index contributed by atoms with van der Waals surface area (Å²) in [4.78, 5) is 5.23. The molecule has 1 saturated heterocycles. The second kappa shape index (κ2) is 6.32. The normalized spacial score (nSPS) is 19.2. The number of benzene rings is 1. The van der Waals surface area contributed by atoms with Gasteiger partial charge in [0, 0.05) is 19.0 Å². The van der Waals surface area contributed by atoms with Gasteiger partial charge in [-0.3, -0.25) is 5.10 Å². The molecule has 10 heteroatoms. The molecule has 3 rings (SSSR count). The number of alkyl halides is 3. The van der Waals surface area contributed by atoms with Crippen molar-refractivity contribution < 1.29 is 21.6 Å². The van der Waals surface area contributed by atoms with E-state index < -0.39 is 20.2 Å². The lowest BCUT2D eigenvalue weighted by molar-refractivity contribution is -0.0435. The second-order valence-electron chi connectivity index (χ2n) is 5.98. The number of aryl methyl sites for hydroxylation is 1. The molecule has 0 radical (unpaired) electrons. The molecule has 1 fully saturated rings. The first-order chi connectivity index (χ1) is 11.7. The number of piperidine rings is 1. The Bertz CT molecular complexity index is 864. The number of H-pyrrole nitrogens is 1. The van der Waals surface area contributed by atoms with E-state index in [9.17, 15) is 21.6 Å². The molecule has 1 aliphatic rings. The van der Waals surface area contributed by atoms with Gasteiger partial charge in [0.15, 0.2) is 5.82 Å². The van der Waals surface area contributed by atoms with Crippen LogP contribution in [0.1, 0.15) is 30.4 Å². The number of nitrogens with one attached hydrogen (secondary N) is 1. The Hall–Kier alpha value is -2.10. The molecule has 1 aromatic carbocycles. The third kappa shape index (κ3) is 3.35. The predicted molar refractivity (Wildman–Crippen MR) is 85.0 cm³/mol. The molecule has 136 valence electrons. The quantitative estimate of drug-likeness (QED) is 0.894. The number of sulfone groups is 1. The molecule has 2 aromatic rings. The van der Waals surface area contributed by atoms with Crippen molar-refractivity contribution in [3.05, 3.63) is 35.9 Å². The Balaban J connectivity index is 1.95. The summed E-state index contributed by atoms with van der Waals surface area (Å²) in [6.07, 6.45) is 1.50. The van der Waals surface area contributed by atoms with Crippen molar-refractivity contribution in [2.75, 3.05) is 18.0 Å². The molecule has 6 nitrogen and oxygen atoms in total. The molecule has 0 amide bonds. The maximum Gasteiger partial charge on any atom is 0.501 e. The van der Waals surface area contributed by atoms with Crippen molar-refractivity contribution in [2.45, 2.75) is 36.1 Å². The smallest absolute Gasteiger partial charge is 0.370 e. The lowest BCUT2D eigenvalue weighted by Crippen LogP contribution is -2.36. The first-order valence-electron chi connectivity index (χ1n) is 7.74. The Morgan fingerprint density at radius 3 is 2.64 bits per heavy atom. The standard InChI is InChI=1S/C15H17F3N4O2S/c1-10-19-14(21-20-10)11-5-4-8-22(9-11)12-6-2-3-7-13(12)25(23,24)15(16,17)18/h2-3,6-7,11H,4-5,8-9H2,1H3,(H,19,20,21). The number of para-hydroxylation sites is 1. The Morgan fingerprint density at radius 1 is 1.28 bits per heavy atom. The van der Waals surface area contributed by atoms with Crippen LogP contribution in [0.4, 0.5) is 18.9 Å². The van der Waals surface area contributed by atoms with Crippen LogP contribution in [-0.4, -0.2) is 42.2 Å². The average Bonchev–Trinajstić information content (AvgIpc) is 3.00. The van der Waals surface area contributed by atoms with Gasteiger partial charge in [-0.05, 0) is 31.9 Å². The van der Waals surface area contributed by atoms with E-state index in [0.717, 1.165) is 12.5 Å². The zero-order valence-corrected chi connectivity index (χ0v) is 14.2. The molecule has 1 N–H and O–H groups in total. The fraction of sp³-hybridized carbons (Fsp3) is 0.467. The average molecular weight is 374 g/mol. The van der Waals surface area contributed by atoms with E-state index in [0.29, 0.717) is 31.2 Å². The molecule has 25 heavy (non-hydrogen) atoms. The number of hydrogen-bond donors (Lipinski definition) is 1. The van der Waals surface area contributed by atoms with Gasteiger partial charge >= 0.3 is 5.51 Å². The highest BCUT2D eigenvalue weighted by Crippen LogP contribution is 2.37. The summed E-state index contributed by atoms with van der Waals surface area (Å²) in [6, 6.07) is 5.23. The van der Waals surface area contributed by atoms with Crippen molar-refractivity contribution in [1.82, 2.24) is 15.2 Å². The highest BCUT2D eigenvalue weighted by Gasteiger charge is 2.48. The largest absolute Gasteiger partial charge is 0.501 e. The van der Waals surface area contributed by atoms with Crippen molar-refractivity contribution in [3.8, 4) is 0 Å².